The van der Waals surface area contributed by atoms with Crippen molar-refractivity contribution >= 4 is 21.6 Å². The largest absolute Gasteiger partial charge is 0.353 e. The molecular weight excluding hydrogens is 298 g/mol. The SMILES string of the molecule is Cn1cccc1CNS(=O)(=O)c1ccc(C#N)cc1Cl. The summed E-state index contributed by atoms with van der Waals surface area (Å²) in [5.74, 6) is 0. The van der Waals surface area contributed by atoms with Crippen molar-refractivity contribution in [2.24, 2.45) is 7.05 Å². The van der Waals surface area contributed by atoms with E-state index in [0.29, 0.717) is 5.56 Å². The van der Waals surface area contributed by atoms with E-state index in [9.17, 15) is 8.42 Å². The molecule has 2 rings (SSSR count). The number of hydrogen-bond acceptors (Lipinski definition) is 3. The highest BCUT2D eigenvalue weighted by atomic mass is 35.5. The topological polar surface area (TPSA) is 74.9 Å². The number of nitriles is 1. The fourth-order valence-electron chi connectivity index (χ4n) is 1.72. The van der Waals surface area contributed by atoms with E-state index in [1.165, 1.54) is 18.2 Å². The van der Waals surface area contributed by atoms with Gasteiger partial charge in [-0.2, -0.15) is 5.26 Å². The zero-order valence-corrected chi connectivity index (χ0v) is 12.2. The van der Waals surface area contributed by atoms with Gasteiger partial charge < -0.3 is 4.57 Å². The highest BCUT2D eigenvalue weighted by Gasteiger charge is 2.18. The molecule has 1 aromatic carbocycles. The van der Waals surface area contributed by atoms with Gasteiger partial charge in [-0.1, -0.05) is 11.6 Å². The lowest BCUT2D eigenvalue weighted by Gasteiger charge is -2.09. The van der Waals surface area contributed by atoms with Gasteiger partial charge in [-0.05, 0) is 30.3 Å². The molecule has 0 aliphatic heterocycles. The molecule has 1 N–H and O–H groups in total. The van der Waals surface area contributed by atoms with Crippen molar-refractivity contribution in [2.45, 2.75) is 11.4 Å². The van der Waals surface area contributed by atoms with Crippen LogP contribution in [-0.2, 0) is 23.6 Å². The number of halogens is 1. The average Bonchev–Trinajstić information content (AvgIpc) is 2.81. The van der Waals surface area contributed by atoms with E-state index in [-0.39, 0.29) is 16.5 Å². The van der Waals surface area contributed by atoms with Crippen LogP contribution in [0.2, 0.25) is 5.02 Å². The van der Waals surface area contributed by atoms with Crippen molar-refractivity contribution in [3.8, 4) is 6.07 Å². The van der Waals surface area contributed by atoms with Crippen LogP contribution in [0.1, 0.15) is 11.3 Å². The summed E-state index contributed by atoms with van der Waals surface area (Å²) < 4.78 is 28.6. The number of nitrogens with one attached hydrogen (secondary N) is 1. The highest BCUT2D eigenvalue weighted by molar-refractivity contribution is 7.89. The number of aryl methyl sites for hydroxylation is 1. The molecule has 0 saturated carbocycles. The normalized spacial score (nSPS) is 11.2. The van der Waals surface area contributed by atoms with E-state index in [0.717, 1.165) is 5.69 Å². The molecule has 1 aromatic heterocycles. The summed E-state index contributed by atoms with van der Waals surface area (Å²) in [4.78, 5) is -0.0348. The molecule has 20 heavy (non-hydrogen) atoms. The fourth-order valence-corrected chi connectivity index (χ4v) is 3.26. The third-order valence-electron chi connectivity index (χ3n) is 2.85. The third kappa shape index (κ3) is 3.02. The molecule has 104 valence electrons. The van der Waals surface area contributed by atoms with Crippen LogP contribution in [0.4, 0.5) is 0 Å². The van der Waals surface area contributed by atoms with Gasteiger partial charge in [0, 0.05) is 18.9 Å². The number of aromatic nitrogens is 1. The van der Waals surface area contributed by atoms with Crippen LogP contribution in [0, 0.1) is 11.3 Å². The Bertz CT molecular complexity index is 775. The molecule has 0 unspecified atom stereocenters. The van der Waals surface area contributed by atoms with Gasteiger partial charge in [-0.25, -0.2) is 13.1 Å². The van der Waals surface area contributed by atoms with Crippen LogP contribution in [-0.4, -0.2) is 13.0 Å². The van der Waals surface area contributed by atoms with Gasteiger partial charge in [-0.15, -0.1) is 0 Å². The molecule has 0 aliphatic rings. The van der Waals surface area contributed by atoms with Crippen LogP contribution in [0.25, 0.3) is 0 Å². The molecule has 1 heterocycles. The van der Waals surface area contributed by atoms with Gasteiger partial charge in [-0.3, -0.25) is 0 Å². The van der Waals surface area contributed by atoms with E-state index < -0.39 is 10.0 Å². The zero-order valence-electron chi connectivity index (χ0n) is 10.7. The van der Waals surface area contributed by atoms with Crippen LogP contribution >= 0.6 is 11.6 Å². The maximum Gasteiger partial charge on any atom is 0.242 e. The molecule has 2 aromatic rings. The quantitative estimate of drug-likeness (QED) is 0.939. The maximum absolute atomic E-state index is 12.2. The summed E-state index contributed by atoms with van der Waals surface area (Å²) >= 11 is 5.91. The molecular formula is C13H12ClN3O2S. The highest BCUT2D eigenvalue weighted by Crippen LogP contribution is 2.22. The first-order valence-electron chi connectivity index (χ1n) is 5.73. The maximum atomic E-state index is 12.2. The van der Waals surface area contributed by atoms with Gasteiger partial charge in [0.1, 0.15) is 4.90 Å². The standard InChI is InChI=1S/C13H12ClN3O2S/c1-17-6-2-3-11(17)9-16-20(18,19)13-5-4-10(8-15)7-12(13)14/h2-7,16H,9H2,1H3. The van der Waals surface area contributed by atoms with Gasteiger partial charge in [0.2, 0.25) is 10.0 Å². The Morgan fingerprint density at radius 1 is 1.40 bits per heavy atom. The second-order valence-corrected chi connectivity index (χ2v) is 6.33. The first kappa shape index (κ1) is 14.6. The van der Waals surface area contributed by atoms with Crippen LogP contribution < -0.4 is 4.72 Å². The molecule has 0 amide bonds. The Morgan fingerprint density at radius 2 is 2.15 bits per heavy atom. The lowest BCUT2D eigenvalue weighted by atomic mass is 10.2. The fraction of sp³-hybridized carbons (Fsp3) is 0.154. The molecule has 0 spiro atoms. The summed E-state index contributed by atoms with van der Waals surface area (Å²) in [5.41, 5.74) is 1.15. The Kier molecular flexibility index (Phi) is 4.14. The molecule has 0 saturated heterocycles. The van der Waals surface area contributed by atoms with Gasteiger partial charge >= 0.3 is 0 Å². The van der Waals surface area contributed by atoms with Crippen molar-refractivity contribution in [2.75, 3.05) is 0 Å². The number of benzene rings is 1. The summed E-state index contributed by atoms with van der Waals surface area (Å²) in [7, 11) is -1.88. The van der Waals surface area contributed by atoms with E-state index in [1.807, 2.05) is 36.0 Å². The predicted octanol–water partition coefficient (Wildman–Crippen LogP) is 2.03. The Balaban J connectivity index is 2.23. The molecule has 0 atom stereocenters. The van der Waals surface area contributed by atoms with Crippen LogP contribution in [0.15, 0.2) is 41.4 Å². The second kappa shape index (κ2) is 5.67. The third-order valence-corrected chi connectivity index (χ3v) is 4.73. The number of rotatable bonds is 4. The van der Waals surface area contributed by atoms with Crippen LogP contribution in [0.3, 0.4) is 0 Å². The Labute approximate surface area is 122 Å². The predicted molar refractivity (Wildman–Crippen MR) is 75.6 cm³/mol. The average molecular weight is 310 g/mol. The smallest absolute Gasteiger partial charge is 0.242 e. The Morgan fingerprint density at radius 3 is 2.70 bits per heavy atom. The van der Waals surface area contributed by atoms with E-state index in [1.54, 1.807) is 0 Å². The van der Waals surface area contributed by atoms with Gasteiger partial charge in [0.15, 0.2) is 0 Å². The van der Waals surface area contributed by atoms with E-state index in [2.05, 4.69) is 4.72 Å². The summed E-state index contributed by atoms with van der Waals surface area (Å²) in [5, 5.41) is 8.77. The molecule has 0 fully saturated rings. The summed E-state index contributed by atoms with van der Waals surface area (Å²) in [6, 6.07) is 9.64. The monoisotopic (exact) mass is 309 g/mol. The lowest BCUT2D eigenvalue weighted by molar-refractivity contribution is 0.579. The van der Waals surface area contributed by atoms with Crippen molar-refractivity contribution in [1.29, 1.82) is 5.26 Å². The van der Waals surface area contributed by atoms with E-state index >= 15 is 0 Å². The van der Waals surface area contributed by atoms with Crippen molar-refractivity contribution in [3.63, 3.8) is 0 Å². The lowest BCUT2D eigenvalue weighted by Crippen LogP contribution is -2.24. The van der Waals surface area contributed by atoms with Gasteiger partial charge in [0.05, 0.1) is 23.2 Å². The minimum atomic E-state index is -3.71. The summed E-state index contributed by atoms with van der Waals surface area (Å²) in [6.45, 7) is 0.169. The second-order valence-electron chi connectivity index (χ2n) is 4.19. The minimum absolute atomic E-state index is 0.0310. The van der Waals surface area contributed by atoms with Crippen molar-refractivity contribution < 1.29 is 8.42 Å². The minimum Gasteiger partial charge on any atom is -0.353 e. The van der Waals surface area contributed by atoms with Crippen molar-refractivity contribution in [3.05, 3.63) is 52.8 Å². The Hall–Kier alpha value is -1.81. The molecule has 0 radical (unpaired) electrons. The van der Waals surface area contributed by atoms with Gasteiger partial charge in [0.25, 0.3) is 0 Å². The first-order valence-corrected chi connectivity index (χ1v) is 7.59. The molecule has 7 heteroatoms. The van der Waals surface area contributed by atoms with Crippen LogP contribution in [0.5, 0.6) is 0 Å². The number of sulfonamides is 1. The van der Waals surface area contributed by atoms with E-state index in [4.69, 9.17) is 16.9 Å². The molecule has 0 bridgehead atoms. The summed E-state index contributed by atoms with van der Waals surface area (Å²) in [6.07, 6.45) is 1.83. The zero-order chi connectivity index (χ0) is 14.8. The first-order chi connectivity index (χ1) is 9.44. The molecule has 0 aliphatic carbocycles. The van der Waals surface area contributed by atoms with Crippen molar-refractivity contribution in [1.82, 2.24) is 9.29 Å². The number of hydrogen-bond donors (Lipinski definition) is 1. The molecule has 5 nitrogen and oxygen atoms in total. The number of nitrogens with zero attached hydrogens (tertiary/aromatic N) is 2.